The van der Waals surface area contributed by atoms with Crippen LogP contribution in [0.25, 0.3) is 0 Å². The van der Waals surface area contributed by atoms with E-state index in [1.165, 1.54) is 61.9 Å². The van der Waals surface area contributed by atoms with Gasteiger partial charge in [-0.2, -0.15) is 0 Å². The highest BCUT2D eigenvalue weighted by Crippen LogP contribution is 2.35. The van der Waals surface area contributed by atoms with Crippen LogP contribution in [0.1, 0.15) is 43.2 Å². The third-order valence-electron chi connectivity index (χ3n) is 4.50. The second-order valence-corrected chi connectivity index (χ2v) is 5.67. The third kappa shape index (κ3) is 2.26. The van der Waals surface area contributed by atoms with Crippen LogP contribution in [0.3, 0.4) is 0 Å². The highest BCUT2D eigenvalue weighted by molar-refractivity contribution is 5.60. The zero-order valence-electron chi connectivity index (χ0n) is 11.1. The summed E-state index contributed by atoms with van der Waals surface area (Å²) >= 11 is 0. The molecule has 0 amide bonds. The van der Waals surface area contributed by atoms with Gasteiger partial charge in [0.15, 0.2) is 0 Å². The van der Waals surface area contributed by atoms with Gasteiger partial charge in [-0.05, 0) is 42.9 Å². The van der Waals surface area contributed by atoms with Crippen molar-refractivity contribution in [3.05, 3.63) is 29.3 Å². The van der Waals surface area contributed by atoms with Crippen LogP contribution < -0.4 is 4.90 Å². The molecular weight excluding hydrogens is 222 g/mol. The maximum atomic E-state index is 9.07. The molecule has 0 bridgehead atoms. The Morgan fingerprint density at radius 1 is 1.17 bits per heavy atom. The number of anilines is 1. The van der Waals surface area contributed by atoms with Crippen molar-refractivity contribution in [3.63, 3.8) is 0 Å². The maximum absolute atomic E-state index is 9.07. The van der Waals surface area contributed by atoms with E-state index in [4.69, 9.17) is 5.11 Å². The third-order valence-corrected chi connectivity index (χ3v) is 4.50. The Kier molecular flexibility index (Phi) is 3.55. The van der Waals surface area contributed by atoms with Gasteiger partial charge in [0, 0.05) is 24.9 Å². The molecule has 0 radical (unpaired) electrons. The second kappa shape index (κ2) is 5.31. The highest BCUT2D eigenvalue weighted by Gasteiger charge is 2.27. The number of hydrogen-bond donors (Lipinski definition) is 1. The summed E-state index contributed by atoms with van der Waals surface area (Å²) in [5, 5.41) is 9.07. The highest BCUT2D eigenvalue weighted by atomic mass is 16.2. The van der Waals surface area contributed by atoms with Gasteiger partial charge in [-0.15, -0.1) is 0 Å². The number of fused-ring (bicyclic) bond motifs is 1. The molecule has 0 aromatic heterocycles. The SMILES string of the molecule is OCCc1ccc2c(c1)N(C1CCCCC1)CC2. The van der Waals surface area contributed by atoms with E-state index in [1.807, 2.05) is 0 Å². The number of rotatable bonds is 3. The van der Waals surface area contributed by atoms with E-state index in [0.717, 1.165) is 12.5 Å². The predicted molar refractivity (Wildman–Crippen MR) is 75.2 cm³/mol. The minimum atomic E-state index is 0.252. The average molecular weight is 245 g/mol. The predicted octanol–water partition coefficient (Wildman–Crippen LogP) is 2.92. The number of nitrogens with zero attached hydrogens (tertiary/aromatic N) is 1. The van der Waals surface area contributed by atoms with Crippen LogP contribution in [0.15, 0.2) is 18.2 Å². The van der Waals surface area contributed by atoms with Gasteiger partial charge in [-0.3, -0.25) is 0 Å². The fourth-order valence-electron chi connectivity index (χ4n) is 3.51. The molecule has 3 rings (SSSR count). The Morgan fingerprint density at radius 2 is 2.00 bits per heavy atom. The number of aliphatic hydroxyl groups excluding tert-OH is 1. The summed E-state index contributed by atoms with van der Waals surface area (Å²) in [5.41, 5.74) is 4.23. The van der Waals surface area contributed by atoms with E-state index in [-0.39, 0.29) is 6.61 Å². The molecular formula is C16H23NO. The summed E-state index contributed by atoms with van der Waals surface area (Å²) in [6.45, 7) is 1.45. The van der Waals surface area contributed by atoms with Gasteiger partial charge < -0.3 is 10.0 Å². The number of aliphatic hydroxyl groups is 1. The summed E-state index contributed by atoms with van der Waals surface area (Å²) in [7, 11) is 0. The molecule has 1 aromatic carbocycles. The first-order chi connectivity index (χ1) is 8.88. The summed E-state index contributed by atoms with van der Waals surface area (Å²) in [4.78, 5) is 2.63. The average Bonchev–Trinajstić information content (AvgIpc) is 2.83. The first-order valence-corrected chi connectivity index (χ1v) is 7.38. The summed E-state index contributed by atoms with van der Waals surface area (Å²) in [5.74, 6) is 0. The number of hydrogen-bond acceptors (Lipinski definition) is 2. The first-order valence-electron chi connectivity index (χ1n) is 7.38. The lowest BCUT2D eigenvalue weighted by molar-refractivity contribution is 0.299. The molecule has 0 spiro atoms. The molecule has 18 heavy (non-hydrogen) atoms. The Hall–Kier alpha value is -1.02. The summed E-state index contributed by atoms with van der Waals surface area (Å²) in [6.07, 6.45) is 8.92. The molecule has 1 N–H and O–H groups in total. The lowest BCUT2D eigenvalue weighted by Gasteiger charge is -2.33. The molecule has 0 unspecified atom stereocenters. The minimum absolute atomic E-state index is 0.252. The van der Waals surface area contributed by atoms with Crippen LogP contribution in [0, 0.1) is 0 Å². The maximum Gasteiger partial charge on any atom is 0.0471 e. The van der Waals surface area contributed by atoms with Crippen LogP contribution >= 0.6 is 0 Å². The van der Waals surface area contributed by atoms with Crippen LogP contribution in [-0.2, 0) is 12.8 Å². The van der Waals surface area contributed by atoms with Gasteiger partial charge in [0.05, 0.1) is 0 Å². The quantitative estimate of drug-likeness (QED) is 0.885. The molecule has 2 nitrogen and oxygen atoms in total. The standard InChI is InChI=1S/C16H23NO/c18-11-9-13-6-7-14-8-10-17(16(14)12-13)15-4-2-1-3-5-15/h6-7,12,15,18H,1-5,8-11H2. The lowest BCUT2D eigenvalue weighted by atomic mass is 9.94. The van der Waals surface area contributed by atoms with E-state index >= 15 is 0 Å². The topological polar surface area (TPSA) is 23.5 Å². The van der Waals surface area contributed by atoms with Crippen molar-refractivity contribution in [1.29, 1.82) is 0 Å². The fraction of sp³-hybridized carbons (Fsp3) is 0.625. The molecule has 1 aliphatic carbocycles. The Bertz CT molecular complexity index is 410. The number of benzene rings is 1. The first kappa shape index (κ1) is 12.0. The molecule has 1 heterocycles. The van der Waals surface area contributed by atoms with Gasteiger partial charge in [-0.25, -0.2) is 0 Å². The van der Waals surface area contributed by atoms with Crippen LogP contribution in [-0.4, -0.2) is 24.3 Å². The summed E-state index contributed by atoms with van der Waals surface area (Å²) < 4.78 is 0. The Balaban J connectivity index is 1.82. The molecule has 98 valence electrons. The van der Waals surface area contributed by atoms with Gasteiger partial charge in [0.2, 0.25) is 0 Å². The lowest BCUT2D eigenvalue weighted by Crippen LogP contribution is -2.35. The molecule has 1 aromatic rings. The van der Waals surface area contributed by atoms with E-state index in [2.05, 4.69) is 23.1 Å². The summed E-state index contributed by atoms with van der Waals surface area (Å²) in [6, 6.07) is 7.53. The zero-order valence-corrected chi connectivity index (χ0v) is 11.1. The van der Waals surface area contributed by atoms with Gasteiger partial charge in [0.1, 0.15) is 0 Å². The van der Waals surface area contributed by atoms with Crippen molar-refractivity contribution in [2.75, 3.05) is 18.1 Å². The smallest absolute Gasteiger partial charge is 0.0471 e. The Morgan fingerprint density at radius 3 is 2.78 bits per heavy atom. The molecule has 2 aliphatic rings. The van der Waals surface area contributed by atoms with E-state index in [1.54, 1.807) is 0 Å². The van der Waals surface area contributed by atoms with E-state index in [9.17, 15) is 0 Å². The Labute approximate surface area is 110 Å². The van der Waals surface area contributed by atoms with Crippen molar-refractivity contribution in [2.24, 2.45) is 0 Å². The van der Waals surface area contributed by atoms with Gasteiger partial charge in [-0.1, -0.05) is 31.4 Å². The molecule has 1 saturated carbocycles. The van der Waals surface area contributed by atoms with E-state index < -0.39 is 0 Å². The van der Waals surface area contributed by atoms with Gasteiger partial charge in [0.25, 0.3) is 0 Å². The van der Waals surface area contributed by atoms with Crippen molar-refractivity contribution < 1.29 is 5.11 Å². The van der Waals surface area contributed by atoms with Crippen LogP contribution in [0.4, 0.5) is 5.69 Å². The molecule has 1 aliphatic heterocycles. The molecule has 2 heteroatoms. The normalized spacial score (nSPS) is 20.2. The zero-order chi connectivity index (χ0) is 12.4. The molecule has 0 atom stereocenters. The van der Waals surface area contributed by atoms with Gasteiger partial charge >= 0.3 is 0 Å². The second-order valence-electron chi connectivity index (χ2n) is 5.67. The van der Waals surface area contributed by atoms with Crippen molar-refractivity contribution in [2.45, 2.75) is 51.0 Å². The minimum Gasteiger partial charge on any atom is -0.396 e. The van der Waals surface area contributed by atoms with Crippen LogP contribution in [0.2, 0.25) is 0 Å². The molecule has 1 fully saturated rings. The van der Waals surface area contributed by atoms with E-state index in [0.29, 0.717) is 0 Å². The monoisotopic (exact) mass is 245 g/mol. The van der Waals surface area contributed by atoms with Crippen LogP contribution in [0.5, 0.6) is 0 Å². The van der Waals surface area contributed by atoms with Crippen molar-refractivity contribution >= 4 is 5.69 Å². The fourth-order valence-corrected chi connectivity index (χ4v) is 3.51. The van der Waals surface area contributed by atoms with Crippen molar-refractivity contribution in [1.82, 2.24) is 0 Å². The van der Waals surface area contributed by atoms with Crippen molar-refractivity contribution in [3.8, 4) is 0 Å². The largest absolute Gasteiger partial charge is 0.396 e. The molecule has 0 saturated heterocycles.